The molecule has 3 rings (SSSR count). The van der Waals surface area contributed by atoms with E-state index in [1.165, 1.54) is 18.4 Å². The first kappa shape index (κ1) is 29.0. The number of aromatic nitrogens is 1. The van der Waals surface area contributed by atoms with Crippen molar-refractivity contribution < 1.29 is 13.2 Å². The molecule has 0 aliphatic carbocycles. The van der Waals surface area contributed by atoms with Crippen LogP contribution in [-0.2, 0) is 16.3 Å². The van der Waals surface area contributed by atoms with Crippen molar-refractivity contribution in [2.24, 2.45) is 0 Å². The molecule has 182 valence electrons. The smallest absolute Gasteiger partial charge is 0.155 e. The molecule has 2 aromatic rings. The number of aryl methyl sites for hydroxylation is 1. The Hall–Kier alpha value is -1.08. The summed E-state index contributed by atoms with van der Waals surface area (Å²) in [7, 11) is -3.05. The number of hydrogen-bond acceptors (Lipinski definition) is 5. The van der Waals surface area contributed by atoms with E-state index in [4.69, 9.17) is 4.74 Å². The minimum Gasteiger partial charge on any atom is -0.487 e. The molecule has 1 aromatic heterocycles. The third-order valence-corrected chi connectivity index (χ3v) is 8.58. The number of hydrogen-bond donors (Lipinski definition) is 0. The van der Waals surface area contributed by atoms with E-state index in [1.807, 2.05) is 12.3 Å². The summed E-state index contributed by atoms with van der Waals surface area (Å²) in [5.74, 6) is 1.12. The summed E-state index contributed by atoms with van der Waals surface area (Å²) >= 11 is 0. The minimum atomic E-state index is -3.05. The molecule has 0 spiro atoms. The van der Waals surface area contributed by atoms with Crippen LogP contribution in [0.2, 0.25) is 0 Å². The SMILES string of the molecule is CCCCc1cc(O[C@@H]2CCN(CCCS(=O)(=O)C(C)(C)C)C2)c2ncccc2c1.Cl.Cl. The summed E-state index contributed by atoms with van der Waals surface area (Å²) in [5.41, 5.74) is 2.22. The van der Waals surface area contributed by atoms with Gasteiger partial charge in [-0.2, -0.15) is 0 Å². The Morgan fingerprint density at radius 1 is 1.19 bits per heavy atom. The molecule has 0 unspecified atom stereocenters. The van der Waals surface area contributed by atoms with Crippen molar-refractivity contribution in [2.75, 3.05) is 25.4 Å². The van der Waals surface area contributed by atoms with Gasteiger partial charge in [0.25, 0.3) is 0 Å². The highest BCUT2D eigenvalue weighted by atomic mass is 35.5. The average molecular weight is 506 g/mol. The van der Waals surface area contributed by atoms with Gasteiger partial charge in [0, 0.05) is 24.7 Å². The third kappa shape index (κ3) is 7.47. The predicted molar refractivity (Wildman–Crippen MR) is 138 cm³/mol. The Kier molecular flexibility index (Phi) is 11.2. The van der Waals surface area contributed by atoms with Crippen molar-refractivity contribution in [1.29, 1.82) is 0 Å². The molecule has 0 N–H and O–H groups in total. The van der Waals surface area contributed by atoms with Gasteiger partial charge < -0.3 is 4.74 Å². The van der Waals surface area contributed by atoms with Gasteiger partial charge in [0.1, 0.15) is 17.4 Å². The summed E-state index contributed by atoms with van der Waals surface area (Å²) in [4.78, 5) is 6.88. The lowest BCUT2D eigenvalue weighted by atomic mass is 10.0. The Morgan fingerprint density at radius 3 is 2.62 bits per heavy atom. The van der Waals surface area contributed by atoms with E-state index in [2.05, 4.69) is 35.0 Å². The maximum atomic E-state index is 12.3. The number of unbranched alkanes of at least 4 members (excludes halogenated alkanes) is 1. The number of halogens is 2. The fourth-order valence-electron chi connectivity index (χ4n) is 3.89. The molecular formula is C24H38Cl2N2O3S. The molecule has 1 atom stereocenters. The monoisotopic (exact) mass is 504 g/mol. The minimum absolute atomic E-state index is 0. The van der Waals surface area contributed by atoms with Gasteiger partial charge in [-0.05, 0) is 76.8 Å². The van der Waals surface area contributed by atoms with Crippen LogP contribution in [0.5, 0.6) is 5.75 Å². The van der Waals surface area contributed by atoms with Crippen LogP contribution >= 0.6 is 24.8 Å². The highest BCUT2D eigenvalue weighted by Crippen LogP contribution is 2.29. The number of rotatable bonds is 9. The Bertz CT molecular complexity index is 961. The number of fused-ring (bicyclic) bond motifs is 1. The van der Waals surface area contributed by atoms with E-state index in [9.17, 15) is 8.42 Å². The van der Waals surface area contributed by atoms with Gasteiger partial charge >= 0.3 is 0 Å². The summed E-state index contributed by atoms with van der Waals surface area (Å²) in [5, 5.41) is 1.13. The Labute approximate surface area is 206 Å². The second kappa shape index (κ2) is 12.4. The number of benzene rings is 1. The van der Waals surface area contributed by atoms with Gasteiger partial charge in [-0.25, -0.2) is 8.42 Å². The number of ether oxygens (including phenoxy) is 1. The summed E-state index contributed by atoms with van der Waals surface area (Å²) in [6, 6.07) is 8.45. The second-order valence-electron chi connectivity index (χ2n) is 9.39. The van der Waals surface area contributed by atoms with Crippen molar-refractivity contribution in [3.8, 4) is 5.75 Å². The molecule has 1 saturated heterocycles. The van der Waals surface area contributed by atoms with Gasteiger partial charge in [0.05, 0.1) is 10.5 Å². The second-order valence-corrected chi connectivity index (χ2v) is 12.2. The summed E-state index contributed by atoms with van der Waals surface area (Å²) < 4.78 is 30.4. The topological polar surface area (TPSA) is 59.5 Å². The zero-order valence-corrected chi connectivity index (χ0v) is 22.1. The first-order valence-electron chi connectivity index (χ1n) is 11.2. The summed E-state index contributed by atoms with van der Waals surface area (Å²) in [6.07, 6.45) is 6.96. The van der Waals surface area contributed by atoms with Crippen LogP contribution in [0.25, 0.3) is 10.9 Å². The van der Waals surface area contributed by atoms with Crippen molar-refractivity contribution >= 4 is 45.6 Å². The molecule has 0 saturated carbocycles. The number of nitrogens with zero attached hydrogens (tertiary/aromatic N) is 2. The fraction of sp³-hybridized carbons (Fsp3) is 0.625. The van der Waals surface area contributed by atoms with Gasteiger partial charge in [-0.1, -0.05) is 19.4 Å². The lowest BCUT2D eigenvalue weighted by Crippen LogP contribution is -2.32. The third-order valence-electron chi connectivity index (χ3n) is 5.89. The number of sulfone groups is 1. The van der Waals surface area contributed by atoms with E-state index in [-0.39, 0.29) is 36.7 Å². The number of pyridine rings is 1. The van der Waals surface area contributed by atoms with Crippen LogP contribution in [0.4, 0.5) is 0 Å². The fourth-order valence-corrected chi connectivity index (χ4v) is 5.02. The molecular weight excluding hydrogens is 467 g/mol. The average Bonchev–Trinajstić information content (AvgIpc) is 3.12. The molecule has 1 fully saturated rings. The zero-order valence-electron chi connectivity index (χ0n) is 19.7. The van der Waals surface area contributed by atoms with Crippen LogP contribution in [0, 0.1) is 0 Å². The molecule has 8 heteroatoms. The molecule has 1 aromatic carbocycles. The van der Waals surface area contributed by atoms with Crippen LogP contribution in [-0.4, -0.2) is 54.5 Å². The predicted octanol–water partition coefficient (Wildman–Crippen LogP) is 5.48. The maximum absolute atomic E-state index is 12.3. The van der Waals surface area contributed by atoms with E-state index in [0.29, 0.717) is 6.42 Å². The molecule has 2 heterocycles. The highest BCUT2D eigenvalue weighted by Gasteiger charge is 2.29. The van der Waals surface area contributed by atoms with Crippen LogP contribution in [0.15, 0.2) is 30.5 Å². The first-order chi connectivity index (χ1) is 14.2. The van der Waals surface area contributed by atoms with Gasteiger partial charge in [-0.3, -0.25) is 9.88 Å². The highest BCUT2D eigenvalue weighted by molar-refractivity contribution is 7.92. The zero-order chi connectivity index (χ0) is 21.8. The van der Waals surface area contributed by atoms with Crippen molar-refractivity contribution in [3.63, 3.8) is 0 Å². The molecule has 0 amide bonds. The maximum Gasteiger partial charge on any atom is 0.155 e. The van der Waals surface area contributed by atoms with Crippen LogP contribution in [0.1, 0.15) is 58.9 Å². The molecule has 32 heavy (non-hydrogen) atoms. The molecule has 0 radical (unpaired) electrons. The molecule has 1 aliphatic rings. The van der Waals surface area contributed by atoms with Gasteiger partial charge in [0.15, 0.2) is 9.84 Å². The molecule has 0 bridgehead atoms. The Balaban J connectivity index is 0.00000256. The number of likely N-dealkylation sites (tertiary alicyclic amines) is 1. The first-order valence-corrected chi connectivity index (χ1v) is 12.8. The van der Waals surface area contributed by atoms with Gasteiger partial charge in [0.2, 0.25) is 0 Å². The quantitative estimate of drug-likeness (QED) is 0.452. The van der Waals surface area contributed by atoms with E-state index < -0.39 is 14.6 Å². The van der Waals surface area contributed by atoms with Gasteiger partial charge in [-0.15, -0.1) is 24.8 Å². The van der Waals surface area contributed by atoms with E-state index in [0.717, 1.165) is 49.1 Å². The van der Waals surface area contributed by atoms with Crippen LogP contribution < -0.4 is 4.74 Å². The Morgan fingerprint density at radius 2 is 1.94 bits per heavy atom. The van der Waals surface area contributed by atoms with Crippen molar-refractivity contribution in [1.82, 2.24) is 9.88 Å². The normalized spacial score (nSPS) is 17.1. The summed E-state index contributed by atoms with van der Waals surface area (Å²) in [6.45, 7) is 10.1. The van der Waals surface area contributed by atoms with Crippen molar-refractivity contribution in [3.05, 3.63) is 36.0 Å². The molecule has 1 aliphatic heterocycles. The van der Waals surface area contributed by atoms with Crippen molar-refractivity contribution in [2.45, 2.75) is 70.7 Å². The lowest BCUT2D eigenvalue weighted by molar-refractivity contribution is 0.202. The molecule has 5 nitrogen and oxygen atoms in total. The lowest BCUT2D eigenvalue weighted by Gasteiger charge is -2.21. The van der Waals surface area contributed by atoms with E-state index in [1.54, 1.807) is 20.8 Å². The standard InChI is InChI=1S/C24H36N2O3S.2ClH/c1-5-6-9-19-16-20-10-7-12-25-23(20)22(17-19)29-21-11-14-26(18-21)13-8-15-30(27,28)24(2,3)4;;/h7,10,12,16-17,21H,5-6,8-9,11,13-15,18H2,1-4H3;2*1H/t21-;;/m1../s1. The van der Waals surface area contributed by atoms with E-state index >= 15 is 0 Å². The largest absolute Gasteiger partial charge is 0.487 e. The van der Waals surface area contributed by atoms with Crippen LogP contribution in [0.3, 0.4) is 0 Å².